The summed E-state index contributed by atoms with van der Waals surface area (Å²) >= 11 is 0. The van der Waals surface area contributed by atoms with E-state index in [1.807, 2.05) is 0 Å². The zero-order valence-corrected chi connectivity index (χ0v) is 18.3. The number of nitrogens with one attached hydrogen (secondary N) is 3. The molecule has 0 saturated heterocycles. The van der Waals surface area contributed by atoms with E-state index in [1.165, 1.54) is 6.92 Å². The average molecular weight is 461 g/mol. The van der Waals surface area contributed by atoms with Gasteiger partial charge in [0.15, 0.2) is 5.96 Å². The van der Waals surface area contributed by atoms with Crippen LogP contribution in [0.25, 0.3) is 0 Å². The lowest BCUT2D eigenvalue weighted by molar-refractivity contribution is -0.138. The van der Waals surface area contributed by atoms with E-state index < -0.39 is 54.5 Å². The Bertz CT molecular complexity index is 653. The van der Waals surface area contributed by atoms with E-state index in [-0.39, 0.29) is 25.3 Å². The maximum absolute atomic E-state index is 12.8. The summed E-state index contributed by atoms with van der Waals surface area (Å²) < 4.78 is 0. The number of hydrogen-bond acceptors (Lipinski definition) is 8. The molecule has 13 N–H and O–H groups in total. The van der Waals surface area contributed by atoms with Crippen molar-refractivity contribution in [1.82, 2.24) is 16.0 Å². The summed E-state index contributed by atoms with van der Waals surface area (Å²) in [6.45, 7) is 1.30. The lowest BCUT2D eigenvalue weighted by Gasteiger charge is -2.24. The molecule has 0 aliphatic carbocycles. The first-order valence-electron chi connectivity index (χ1n) is 10.3. The number of hydrogen-bond donors (Lipinski definition) is 9. The lowest BCUT2D eigenvalue weighted by atomic mass is 10.1. The van der Waals surface area contributed by atoms with Crippen molar-refractivity contribution in [2.75, 3.05) is 19.6 Å². The van der Waals surface area contributed by atoms with Crippen LogP contribution in [0.15, 0.2) is 4.99 Å². The van der Waals surface area contributed by atoms with E-state index >= 15 is 0 Å². The maximum atomic E-state index is 12.8. The van der Waals surface area contributed by atoms with Gasteiger partial charge in [-0.05, 0) is 45.6 Å². The molecule has 0 aromatic rings. The number of nitrogens with two attached hydrogens (primary N) is 4. The van der Waals surface area contributed by atoms with Gasteiger partial charge in [-0.1, -0.05) is 0 Å². The van der Waals surface area contributed by atoms with E-state index in [9.17, 15) is 24.3 Å². The number of carbonyl (C=O) groups is 4. The van der Waals surface area contributed by atoms with Gasteiger partial charge in [0, 0.05) is 6.54 Å². The highest BCUT2D eigenvalue weighted by atomic mass is 16.4. The van der Waals surface area contributed by atoms with Crippen molar-refractivity contribution in [3.8, 4) is 0 Å². The zero-order valence-electron chi connectivity index (χ0n) is 18.3. The van der Waals surface area contributed by atoms with Gasteiger partial charge in [-0.2, -0.15) is 0 Å². The van der Waals surface area contributed by atoms with Gasteiger partial charge < -0.3 is 49.1 Å². The number of amides is 3. The molecule has 4 atom stereocenters. The summed E-state index contributed by atoms with van der Waals surface area (Å²) in [6.07, 6.45) is 0.638. The summed E-state index contributed by atoms with van der Waals surface area (Å²) in [5.41, 5.74) is 21.6. The van der Waals surface area contributed by atoms with Gasteiger partial charge in [-0.25, -0.2) is 0 Å². The molecule has 0 spiro atoms. The summed E-state index contributed by atoms with van der Waals surface area (Å²) in [6, 6.07) is -3.37. The van der Waals surface area contributed by atoms with Crippen LogP contribution < -0.4 is 38.9 Å². The Balaban J connectivity index is 5.32. The van der Waals surface area contributed by atoms with Crippen LogP contribution in [0, 0.1) is 0 Å². The Morgan fingerprint density at radius 2 is 1.50 bits per heavy atom. The van der Waals surface area contributed by atoms with Crippen molar-refractivity contribution in [3.63, 3.8) is 0 Å². The van der Waals surface area contributed by atoms with Crippen molar-refractivity contribution in [2.45, 2.75) is 63.3 Å². The number of rotatable bonds is 16. The van der Waals surface area contributed by atoms with Crippen LogP contribution >= 0.6 is 0 Å². The van der Waals surface area contributed by atoms with Crippen molar-refractivity contribution in [2.24, 2.45) is 27.9 Å². The van der Waals surface area contributed by atoms with E-state index in [2.05, 4.69) is 20.9 Å². The van der Waals surface area contributed by atoms with Crippen molar-refractivity contribution >= 4 is 29.7 Å². The van der Waals surface area contributed by atoms with E-state index in [0.29, 0.717) is 25.8 Å². The second-order valence-corrected chi connectivity index (χ2v) is 7.23. The molecule has 0 heterocycles. The largest absolute Gasteiger partial charge is 0.480 e. The average Bonchev–Trinajstić information content (AvgIpc) is 2.72. The molecule has 0 aromatic heterocycles. The molecule has 14 nitrogen and oxygen atoms in total. The second kappa shape index (κ2) is 15.8. The molecule has 0 aromatic carbocycles. The quantitative estimate of drug-likeness (QED) is 0.0612. The number of unbranched alkanes of at least 4 members (excludes halogenated alkanes) is 1. The van der Waals surface area contributed by atoms with Gasteiger partial charge in [-0.15, -0.1) is 0 Å². The van der Waals surface area contributed by atoms with Gasteiger partial charge in [0.05, 0.1) is 6.10 Å². The third kappa shape index (κ3) is 12.7. The molecule has 0 saturated carbocycles. The van der Waals surface area contributed by atoms with Gasteiger partial charge in [0.2, 0.25) is 17.7 Å². The molecule has 4 unspecified atom stereocenters. The molecule has 184 valence electrons. The standard InChI is InChI=1S/C18H36N8O6/c1-10(27)14(20)17(32)26-12(5-2-3-7-19)16(31)25-11(6-4-8-23-18(21)22)15(30)24-9-13(28)29/h10-12,14,27H,2-9,19-20H2,1H3,(H,24,30)(H,25,31)(H,26,32)(H,28,29)(H4,21,22,23). The first kappa shape index (κ1) is 29.0. The Labute approximate surface area is 186 Å². The van der Waals surface area contributed by atoms with E-state index in [1.54, 1.807) is 0 Å². The van der Waals surface area contributed by atoms with Crippen LogP contribution in [-0.2, 0) is 19.2 Å². The molecule has 32 heavy (non-hydrogen) atoms. The number of carboxylic acids is 1. The highest BCUT2D eigenvalue weighted by Gasteiger charge is 2.29. The maximum Gasteiger partial charge on any atom is 0.322 e. The molecule has 0 rings (SSSR count). The minimum absolute atomic E-state index is 0.116. The first-order valence-corrected chi connectivity index (χ1v) is 10.3. The Morgan fingerprint density at radius 3 is 2.03 bits per heavy atom. The van der Waals surface area contributed by atoms with Crippen LogP contribution in [-0.4, -0.2) is 83.7 Å². The summed E-state index contributed by atoms with van der Waals surface area (Å²) in [4.78, 5) is 52.0. The number of aliphatic carboxylic acids is 1. The molecular weight excluding hydrogens is 424 g/mol. The first-order chi connectivity index (χ1) is 15.0. The number of aliphatic hydroxyl groups excluding tert-OH is 1. The minimum Gasteiger partial charge on any atom is -0.480 e. The van der Waals surface area contributed by atoms with Crippen molar-refractivity contribution < 1.29 is 29.4 Å². The SMILES string of the molecule is CC(O)C(N)C(=O)NC(CCCCN)C(=O)NC(CCCN=C(N)N)C(=O)NCC(=O)O. The van der Waals surface area contributed by atoms with Crippen LogP contribution in [0.3, 0.4) is 0 Å². The minimum atomic E-state index is -1.25. The number of nitrogens with zero attached hydrogens (tertiary/aromatic N) is 1. The predicted octanol–water partition coefficient (Wildman–Crippen LogP) is -3.95. The van der Waals surface area contributed by atoms with Crippen LogP contribution in [0.4, 0.5) is 0 Å². The molecule has 0 aliphatic rings. The molecule has 0 bridgehead atoms. The fourth-order valence-electron chi connectivity index (χ4n) is 2.58. The van der Waals surface area contributed by atoms with Crippen LogP contribution in [0.2, 0.25) is 0 Å². The molecule has 0 aliphatic heterocycles. The number of carbonyl (C=O) groups excluding carboxylic acids is 3. The number of aliphatic imine (C=N–C) groups is 1. The third-order valence-corrected chi connectivity index (χ3v) is 4.39. The van der Waals surface area contributed by atoms with Crippen LogP contribution in [0.1, 0.15) is 39.0 Å². The number of carboxylic acid groups (broad SMARTS) is 1. The Kier molecular flexibility index (Phi) is 14.3. The third-order valence-electron chi connectivity index (χ3n) is 4.39. The van der Waals surface area contributed by atoms with Gasteiger partial charge in [0.1, 0.15) is 24.7 Å². The summed E-state index contributed by atoms with van der Waals surface area (Å²) in [5, 5.41) is 25.5. The van der Waals surface area contributed by atoms with Gasteiger partial charge in [-0.3, -0.25) is 24.2 Å². The molecular formula is C18H36N8O6. The fraction of sp³-hybridized carbons (Fsp3) is 0.722. The highest BCUT2D eigenvalue weighted by molar-refractivity contribution is 5.93. The Hall–Kier alpha value is -2.97. The monoisotopic (exact) mass is 460 g/mol. The molecule has 14 heteroatoms. The topological polar surface area (TPSA) is 261 Å². The van der Waals surface area contributed by atoms with E-state index in [4.69, 9.17) is 28.0 Å². The highest BCUT2D eigenvalue weighted by Crippen LogP contribution is 2.05. The normalized spacial score (nSPS) is 14.4. The summed E-state index contributed by atoms with van der Waals surface area (Å²) in [7, 11) is 0. The van der Waals surface area contributed by atoms with Gasteiger partial charge in [0.25, 0.3) is 0 Å². The number of guanidine groups is 1. The van der Waals surface area contributed by atoms with Crippen molar-refractivity contribution in [3.05, 3.63) is 0 Å². The molecule has 3 amide bonds. The van der Waals surface area contributed by atoms with E-state index in [0.717, 1.165) is 0 Å². The Morgan fingerprint density at radius 1 is 0.938 bits per heavy atom. The predicted molar refractivity (Wildman–Crippen MR) is 117 cm³/mol. The molecule has 0 radical (unpaired) electrons. The second-order valence-electron chi connectivity index (χ2n) is 7.23. The van der Waals surface area contributed by atoms with Crippen LogP contribution in [0.5, 0.6) is 0 Å². The number of aliphatic hydroxyl groups is 1. The zero-order chi connectivity index (χ0) is 24.7. The summed E-state index contributed by atoms with van der Waals surface area (Å²) in [5.74, 6) is -3.47. The smallest absolute Gasteiger partial charge is 0.322 e. The fourth-order valence-corrected chi connectivity index (χ4v) is 2.58. The van der Waals surface area contributed by atoms with Crippen molar-refractivity contribution in [1.29, 1.82) is 0 Å². The lowest BCUT2D eigenvalue weighted by Crippen LogP contribution is -2.57. The van der Waals surface area contributed by atoms with Gasteiger partial charge >= 0.3 is 5.97 Å². The molecule has 0 fully saturated rings.